The maximum atomic E-state index is 12.9. The molecule has 1 aromatic rings. The van der Waals surface area contributed by atoms with Gasteiger partial charge in [0.15, 0.2) is 0 Å². The van der Waals surface area contributed by atoms with E-state index in [0.29, 0.717) is 25.7 Å². The summed E-state index contributed by atoms with van der Waals surface area (Å²) in [6, 6.07) is 3.70. The van der Waals surface area contributed by atoms with Crippen molar-refractivity contribution < 1.29 is 14.0 Å². The van der Waals surface area contributed by atoms with Gasteiger partial charge in [-0.05, 0) is 43.9 Å². The molecule has 5 N–H and O–H groups in total. The van der Waals surface area contributed by atoms with E-state index in [-0.39, 0.29) is 35.0 Å². The van der Waals surface area contributed by atoms with E-state index in [4.69, 9.17) is 11.5 Å². The van der Waals surface area contributed by atoms with E-state index < -0.39 is 5.82 Å². The number of rotatable bonds is 3. The largest absolute Gasteiger partial charge is 0.398 e. The van der Waals surface area contributed by atoms with Crippen LogP contribution in [0, 0.1) is 11.7 Å². The maximum absolute atomic E-state index is 12.9. The summed E-state index contributed by atoms with van der Waals surface area (Å²) in [5, 5.41) is 2.86. The summed E-state index contributed by atoms with van der Waals surface area (Å²) in [7, 11) is 0. The monoisotopic (exact) mass is 279 g/mol. The van der Waals surface area contributed by atoms with E-state index in [1.165, 1.54) is 12.1 Å². The quantitative estimate of drug-likeness (QED) is 0.724. The average molecular weight is 279 g/mol. The van der Waals surface area contributed by atoms with Gasteiger partial charge in [-0.15, -0.1) is 0 Å². The Morgan fingerprint density at radius 2 is 1.85 bits per heavy atom. The second kappa shape index (κ2) is 5.90. The standard InChI is InChI=1S/C14H18FN3O2/c15-9-3-6-11(12(16)7-9)14(20)18-10-4-1-8(2-5-10)13(17)19/h3,6-8,10H,1-2,4-5,16H2,(H2,17,19)(H,18,20). The van der Waals surface area contributed by atoms with Crippen molar-refractivity contribution in [2.24, 2.45) is 11.7 Å². The zero-order valence-corrected chi connectivity index (χ0v) is 11.1. The Kier molecular flexibility index (Phi) is 4.22. The number of benzene rings is 1. The third-order valence-electron chi connectivity index (χ3n) is 3.72. The molecule has 1 aliphatic carbocycles. The lowest BCUT2D eigenvalue weighted by atomic mass is 9.85. The van der Waals surface area contributed by atoms with Crippen LogP contribution in [0.4, 0.5) is 10.1 Å². The first kappa shape index (κ1) is 14.3. The Bertz CT molecular complexity index is 525. The fourth-order valence-corrected chi connectivity index (χ4v) is 2.53. The van der Waals surface area contributed by atoms with Crippen LogP contribution in [-0.4, -0.2) is 17.9 Å². The third kappa shape index (κ3) is 3.26. The van der Waals surface area contributed by atoms with E-state index in [1.54, 1.807) is 0 Å². The lowest BCUT2D eigenvalue weighted by Crippen LogP contribution is -2.40. The molecule has 0 radical (unpaired) electrons. The summed E-state index contributed by atoms with van der Waals surface area (Å²) < 4.78 is 12.9. The first-order chi connectivity index (χ1) is 9.47. The molecule has 0 aromatic heterocycles. The molecule has 0 bridgehead atoms. The van der Waals surface area contributed by atoms with Crippen LogP contribution >= 0.6 is 0 Å². The minimum Gasteiger partial charge on any atom is -0.398 e. The molecule has 0 saturated heterocycles. The average Bonchev–Trinajstić information content (AvgIpc) is 2.39. The molecule has 0 spiro atoms. The van der Waals surface area contributed by atoms with E-state index >= 15 is 0 Å². The Morgan fingerprint density at radius 1 is 1.20 bits per heavy atom. The molecule has 1 saturated carbocycles. The molecular weight excluding hydrogens is 261 g/mol. The zero-order valence-electron chi connectivity index (χ0n) is 11.1. The van der Waals surface area contributed by atoms with Gasteiger partial charge in [-0.25, -0.2) is 4.39 Å². The fourth-order valence-electron chi connectivity index (χ4n) is 2.53. The van der Waals surface area contributed by atoms with Crippen LogP contribution in [0.25, 0.3) is 0 Å². The highest BCUT2D eigenvalue weighted by atomic mass is 19.1. The van der Waals surface area contributed by atoms with Gasteiger partial charge in [0.05, 0.1) is 5.56 Å². The van der Waals surface area contributed by atoms with Gasteiger partial charge in [-0.1, -0.05) is 0 Å². The molecule has 1 fully saturated rings. The highest BCUT2D eigenvalue weighted by Crippen LogP contribution is 2.24. The third-order valence-corrected chi connectivity index (χ3v) is 3.72. The number of carbonyl (C=O) groups excluding carboxylic acids is 2. The summed E-state index contributed by atoms with van der Waals surface area (Å²) in [4.78, 5) is 23.1. The number of amides is 2. The normalized spacial score (nSPS) is 22.2. The predicted octanol–water partition coefficient (Wildman–Crippen LogP) is 1.18. The van der Waals surface area contributed by atoms with Gasteiger partial charge in [0.2, 0.25) is 5.91 Å². The van der Waals surface area contributed by atoms with E-state index in [9.17, 15) is 14.0 Å². The molecular formula is C14H18FN3O2. The number of anilines is 1. The van der Waals surface area contributed by atoms with Crippen LogP contribution in [-0.2, 0) is 4.79 Å². The van der Waals surface area contributed by atoms with Crippen LogP contribution in [0.15, 0.2) is 18.2 Å². The molecule has 0 aliphatic heterocycles. The molecule has 6 heteroatoms. The Morgan fingerprint density at radius 3 is 2.40 bits per heavy atom. The van der Waals surface area contributed by atoms with Crippen molar-refractivity contribution in [3.05, 3.63) is 29.6 Å². The van der Waals surface area contributed by atoms with E-state index in [2.05, 4.69) is 5.32 Å². The van der Waals surface area contributed by atoms with Crippen molar-refractivity contribution in [2.75, 3.05) is 5.73 Å². The molecule has 2 amide bonds. The number of nitrogens with two attached hydrogens (primary N) is 2. The minimum atomic E-state index is -0.471. The number of nitrogen functional groups attached to an aromatic ring is 1. The van der Waals surface area contributed by atoms with Crippen molar-refractivity contribution in [1.82, 2.24) is 5.32 Å². The van der Waals surface area contributed by atoms with Gasteiger partial charge in [-0.3, -0.25) is 9.59 Å². The Balaban J connectivity index is 1.94. The smallest absolute Gasteiger partial charge is 0.253 e. The molecule has 5 nitrogen and oxygen atoms in total. The van der Waals surface area contributed by atoms with Crippen LogP contribution in [0.3, 0.4) is 0 Å². The van der Waals surface area contributed by atoms with Crippen LogP contribution in [0.1, 0.15) is 36.0 Å². The van der Waals surface area contributed by atoms with Crippen LogP contribution in [0.2, 0.25) is 0 Å². The highest BCUT2D eigenvalue weighted by molar-refractivity contribution is 5.99. The molecule has 1 aliphatic rings. The molecule has 0 unspecified atom stereocenters. The Hall–Kier alpha value is -2.11. The van der Waals surface area contributed by atoms with Crippen molar-refractivity contribution >= 4 is 17.5 Å². The van der Waals surface area contributed by atoms with Crippen molar-refractivity contribution in [1.29, 1.82) is 0 Å². The second-order valence-electron chi connectivity index (χ2n) is 5.16. The summed E-state index contributed by atoms with van der Waals surface area (Å²) in [5.41, 5.74) is 11.3. The second-order valence-corrected chi connectivity index (χ2v) is 5.16. The van der Waals surface area contributed by atoms with Gasteiger partial charge in [0.1, 0.15) is 5.82 Å². The minimum absolute atomic E-state index is 0.00236. The summed E-state index contributed by atoms with van der Waals surface area (Å²) in [6.45, 7) is 0. The molecule has 0 atom stereocenters. The van der Waals surface area contributed by atoms with Crippen molar-refractivity contribution in [3.63, 3.8) is 0 Å². The van der Waals surface area contributed by atoms with Crippen molar-refractivity contribution in [3.8, 4) is 0 Å². The lowest BCUT2D eigenvalue weighted by molar-refractivity contribution is -0.122. The Labute approximate surface area is 116 Å². The highest BCUT2D eigenvalue weighted by Gasteiger charge is 2.26. The first-order valence-corrected chi connectivity index (χ1v) is 6.62. The van der Waals surface area contributed by atoms with E-state index in [1.807, 2.05) is 0 Å². The maximum Gasteiger partial charge on any atom is 0.253 e. The lowest BCUT2D eigenvalue weighted by Gasteiger charge is -2.27. The van der Waals surface area contributed by atoms with Crippen LogP contribution in [0.5, 0.6) is 0 Å². The van der Waals surface area contributed by atoms with Gasteiger partial charge in [0, 0.05) is 17.6 Å². The summed E-state index contributed by atoms with van der Waals surface area (Å²) in [5.74, 6) is -1.16. The van der Waals surface area contributed by atoms with Crippen molar-refractivity contribution in [2.45, 2.75) is 31.7 Å². The summed E-state index contributed by atoms with van der Waals surface area (Å²) in [6.07, 6.45) is 2.78. The van der Waals surface area contributed by atoms with E-state index in [0.717, 1.165) is 6.07 Å². The zero-order chi connectivity index (χ0) is 14.7. The summed E-state index contributed by atoms with van der Waals surface area (Å²) >= 11 is 0. The van der Waals surface area contributed by atoms with Crippen LogP contribution < -0.4 is 16.8 Å². The number of nitrogens with one attached hydrogen (secondary N) is 1. The first-order valence-electron chi connectivity index (χ1n) is 6.62. The molecule has 2 rings (SSSR count). The van der Waals surface area contributed by atoms with Gasteiger partial charge in [0.25, 0.3) is 5.91 Å². The molecule has 108 valence electrons. The predicted molar refractivity (Wildman–Crippen MR) is 73.2 cm³/mol. The molecule has 1 aromatic carbocycles. The van der Waals surface area contributed by atoms with Gasteiger partial charge in [-0.2, -0.15) is 0 Å². The topological polar surface area (TPSA) is 98.2 Å². The number of hydrogen-bond donors (Lipinski definition) is 3. The molecule has 20 heavy (non-hydrogen) atoms. The number of hydrogen-bond acceptors (Lipinski definition) is 3. The fraction of sp³-hybridized carbons (Fsp3) is 0.429. The number of carbonyl (C=O) groups is 2. The van der Waals surface area contributed by atoms with Gasteiger partial charge < -0.3 is 16.8 Å². The molecule has 0 heterocycles. The number of halogens is 1. The SMILES string of the molecule is NC(=O)C1CCC(NC(=O)c2ccc(F)cc2N)CC1. The number of primary amides is 1. The van der Waals surface area contributed by atoms with Gasteiger partial charge >= 0.3 is 0 Å².